The maximum Gasteiger partial charge on any atom is 0.0693 e. The van der Waals surface area contributed by atoms with Crippen LogP contribution in [0.15, 0.2) is 24.3 Å². The Labute approximate surface area is 114 Å². The summed E-state index contributed by atoms with van der Waals surface area (Å²) in [5.41, 5.74) is 1.37. The maximum absolute atomic E-state index is 5.92. The summed E-state index contributed by atoms with van der Waals surface area (Å²) < 4.78 is 5.92. The van der Waals surface area contributed by atoms with Crippen LogP contribution in [-0.2, 0) is 4.74 Å². The zero-order valence-electron chi connectivity index (χ0n) is 10.9. The molecule has 18 heavy (non-hydrogen) atoms. The van der Waals surface area contributed by atoms with Gasteiger partial charge < -0.3 is 10.1 Å². The summed E-state index contributed by atoms with van der Waals surface area (Å²) in [6.07, 6.45) is 2.89. The maximum atomic E-state index is 5.92. The molecule has 0 bridgehead atoms. The summed E-state index contributed by atoms with van der Waals surface area (Å²) in [6.45, 7) is 5.53. The number of hydrogen-bond acceptors (Lipinski definition) is 2. The minimum Gasteiger partial charge on any atom is -0.381 e. The van der Waals surface area contributed by atoms with E-state index in [-0.39, 0.29) is 5.41 Å². The highest BCUT2D eigenvalue weighted by Crippen LogP contribution is 2.52. The molecule has 1 aliphatic carbocycles. The molecule has 1 aliphatic heterocycles. The van der Waals surface area contributed by atoms with E-state index >= 15 is 0 Å². The molecule has 3 rings (SSSR count). The van der Waals surface area contributed by atoms with Crippen LogP contribution in [0, 0.1) is 11.3 Å². The van der Waals surface area contributed by atoms with E-state index in [0.29, 0.717) is 18.1 Å². The van der Waals surface area contributed by atoms with E-state index in [2.05, 4.69) is 31.3 Å². The molecule has 1 saturated heterocycles. The Hall–Kier alpha value is -0.730. The van der Waals surface area contributed by atoms with Gasteiger partial charge in [-0.1, -0.05) is 25.4 Å². The van der Waals surface area contributed by atoms with Crippen molar-refractivity contribution in [2.45, 2.75) is 38.8 Å². The van der Waals surface area contributed by atoms with E-state index in [9.17, 15) is 0 Å². The fourth-order valence-electron chi connectivity index (χ4n) is 3.54. The lowest BCUT2D eigenvalue weighted by molar-refractivity contribution is -0.177. The van der Waals surface area contributed by atoms with Gasteiger partial charge in [0.2, 0.25) is 0 Å². The molecule has 1 N–H and O–H groups in total. The van der Waals surface area contributed by atoms with Gasteiger partial charge in [0.1, 0.15) is 0 Å². The number of hydrogen-bond donors (Lipinski definition) is 1. The summed E-state index contributed by atoms with van der Waals surface area (Å²) in [7, 11) is 0. The first kappa shape index (κ1) is 12.3. The van der Waals surface area contributed by atoms with Crippen molar-refractivity contribution in [3.05, 3.63) is 29.3 Å². The molecule has 2 aliphatic rings. The molecule has 1 saturated carbocycles. The van der Waals surface area contributed by atoms with Crippen LogP contribution in [0.5, 0.6) is 0 Å². The molecular weight excluding hydrogens is 246 g/mol. The van der Waals surface area contributed by atoms with Crippen molar-refractivity contribution in [3.63, 3.8) is 0 Å². The lowest BCUT2D eigenvalue weighted by atomic mass is 9.55. The molecule has 2 fully saturated rings. The van der Waals surface area contributed by atoms with Crippen molar-refractivity contribution in [1.29, 1.82) is 0 Å². The highest BCUT2D eigenvalue weighted by atomic mass is 35.5. The quantitative estimate of drug-likeness (QED) is 0.874. The number of halogens is 1. The largest absolute Gasteiger partial charge is 0.381 e. The normalized spacial score (nSPS) is 33.4. The van der Waals surface area contributed by atoms with E-state index < -0.39 is 0 Å². The van der Waals surface area contributed by atoms with Crippen molar-refractivity contribution in [1.82, 2.24) is 0 Å². The minimum absolute atomic E-state index is 0.213. The van der Waals surface area contributed by atoms with Crippen molar-refractivity contribution >= 4 is 17.3 Å². The second-order valence-corrected chi connectivity index (χ2v) is 6.48. The summed E-state index contributed by atoms with van der Waals surface area (Å²) in [5, 5.41) is 4.44. The smallest absolute Gasteiger partial charge is 0.0693 e. The van der Waals surface area contributed by atoms with E-state index in [0.717, 1.165) is 17.3 Å². The monoisotopic (exact) mass is 265 g/mol. The Morgan fingerprint density at radius 3 is 2.72 bits per heavy atom. The van der Waals surface area contributed by atoms with Gasteiger partial charge in [-0.3, -0.25) is 0 Å². The Morgan fingerprint density at radius 2 is 2.00 bits per heavy atom. The van der Waals surface area contributed by atoms with E-state index in [4.69, 9.17) is 16.3 Å². The van der Waals surface area contributed by atoms with Gasteiger partial charge in [-0.05, 0) is 37.1 Å². The molecule has 0 amide bonds. The number of ether oxygens (including phenoxy) is 1. The number of anilines is 1. The van der Waals surface area contributed by atoms with Gasteiger partial charge >= 0.3 is 0 Å². The molecule has 0 spiro atoms. The zero-order chi connectivity index (χ0) is 12.8. The first-order chi connectivity index (χ1) is 8.59. The van der Waals surface area contributed by atoms with Crippen molar-refractivity contribution in [2.75, 3.05) is 11.9 Å². The number of benzene rings is 1. The van der Waals surface area contributed by atoms with Gasteiger partial charge in [0.05, 0.1) is 6.10 Å². The average Bonchev–Trinajstić information content (AvgIpc) is 2.38. The Bertz CT molecular complexity index is 429. The number of nitrogens with one attached hydrogen (secondary N) is 1. The molecular formula is C15H20ClNO. The van der Waals surface area contributed by atoms with Crippen LogP contribution in [0.4, 0.5) is 5.69 Å². The highest BCUT2D eigenvalue weighted by molar-refractivity contribution is 6.30. The van der Waals surface area contributed by atoms with Gasteiger partial charge in [-0.15, -0.1) is 0 Å². The SMILES string of the molecule is CC1(C)C(Nc2ccc(Cl)cc2)C2CCCOC21. The lowest BCUT2D eigenvalue weighted by Gasteiger charge is -2.60. The second-order valence-electron chi connectivity index (χ2n) is 6.05. The van der Waals surface area contributed by atoms with Gasteiger partial charge in [0.15, 0.2) is 0 Å². The van der Waals surface area contributed by atoms with E-state index in [1.54, 1.807) is 0 Å². The molecule has 0 radical (unpaired) electrons. The Morgan fingerprint density at radius 1 is 1.28 bits per heavy atom. The van der Waals surface area contributed by atoms with Gasteiger partial charge in [-0.2, -0.15) is 0 Å². The molecule has 3 unspecified atom stereocenters. The van der Waals surface area contributed by atoms with E-state index in [1.165, 1.54) is 12.8 Å². The van der Waals surface area contributed by atoms with Crippen LogP contribution >= 0.6 is 11.6 Å². The predicted molar refractivity (Wildman–Crippen MR) is 75.1 cm³/mol. The zero-order valence-corrected chi connectivity index (χ0v) is 11.7. The number of fused-ring (bicyclic) bond motifs is 1. The number of rotatable bonds is 2. The molecule has 1 heterocycles. The predicted octanol–water partition coefficient (Wildman–Crippen LogP) is 3.96. The summed E-state index contributed by atoms with van der Waals surface area (Å²) >= 11 is 5.92. The van der Waals surface area contributed by atoms with Crippen LogP contribution < -0.4 is 5.32 Å². The molecule has 3 atom stereocenters. The fourth-order valence-corrected chi connectivity index (χ4v) is 3.67. The molecule has 98 valence electrons. The van der Waals surface area contributed by atoms with Crippen molar-refractivity contribution < 1.29 is 4.74 Å². The van der Waals surface area contributed by atoms with Gasteiger partial charge in [0, 0.05) is 34.7 Å². The highest BCUT2D eigenvalue weighted by Gasteiger charge is 2.57. The van der Waals surface area contributed by atoms with Crippen LogP contribution in [0.25, 0.3) is 0 Å². The third-order valence-electron chi connectivity index (χ3n) is 4.50. The van der Waals surface area contributed by atoms with Crippen molar-refractivity contribution in [2.24, 2.45) is 11.3 Å². The van der Waals surface area contributed by atoms with Crippen molar-refractivity contribution in [3.8, 4) is 0 Å². The first-order valence-electron chi connectivity index (χ1n) is 6.73. The van der Waals surface area contributed by atoms with Crippen LogP contribution in [-0.4, -0.2) is 18.8 Å². The lowest BCUT2D eigenvalue weighted by Crippen LogP contribution is -2.67. The topological polar surface area (TPSA) is 21.3 Å². The molecule has 1 aromatic rings. The summed E-state index contributed by atoms with van der Waals surface area (Å²) in [6, 6.07) is 8.48. The standard InChI is InChI=1S/C15H20ClNO/c1-15(2)13(12-4-3-9-18-14(12)15)17-11-7-5-10(16)6-8-11/h5-8,12-14,17H,3-4,9H2,1-2H3. The minimum atomic E-state index is 0.213. The molecule has 1 aromatic carbocycles. The van der Waals surface area contributed by atoms with Gasteiger partial charge in [-0.25, -0.2) is 0 Å². The molecule has 3 heteroatoms. The molecule has 2 nitrogen and oxygen atoms in total. The third-order valence-corrected chi connectivity index (χ3v) is 4.75. The Kier molecular flexibility index (Phi) is 3.03. The van der Waals surface area contributed by atoms with Crippen LogP contribution in [0.1, 0.15) is 26.7 Å². The van der Waals surface area contributed by atoms with Gasteiger partial charge in [0.25, 0.3) is 0 Å². The van der Waals surface area contributed by atoms with Crippen LogP contribution in [0.2, 0.25) is 5.02 Å². The first-order valence-corrected chi connectivity index (χ1v) is 7.10. The van der Waals surface area contributed by atoms with E-state index in [1.807, 2.05) is 12.1 Å². The molecule has 0 aromatic heterocycles. The Balaban J connectivity index is 1.74. The average molecular weight is 266 g/mol. The second kappa shape index (κ2) is 4.43. The summed E-state index contributed by atoms with van der Waals surface area (Å²) in [4.78, 5) is 0. The van der Waals surface area contributed by atoms with Crippen LogP contribution in [0.3, 0.4) is 0 Å². The fraction of sp³-hybridized carbons (Fsp3) is 0.600. The summed E-state index contributed by atoms with van der Waals surface area (Å²) in [5.74, 6) is 0.657. The third kappa shape index (κ3) is 1.92.